The van der Waals surface area contributed by atoms with Gasteiger partial charge in [-0.1, -0.05) is 50.6 Å². The number of rotatable bonds is 7. The number of aromatic nitrogens is 1. The van der Waals surface area contributed by atoms with E-state index >= 15 is 0 Å². The fourth-order valence-electron chi connectivity index (χ4n) is 8.89. The lowest BCUT2D eigenvalue weighted by Gasteiger charge is -2.35. The van der Waals surface area contributed by atoms with Crippen LogP contribution < -0.4 is 15.0 Å². The lowest BCUT2D eigenvalue weighted by molar-refractivity contribution is -0.158. The number of esters is 1. The average Bonchev–Trinajstić information content (AvgIpc) is 4.02. The van der Waals surface area contributed by atoms with Crippen molar-refractivity contribution in [1.29, 1.82) is 0 Å². The third kappa shape index (κ3) is 8.21. The molecule has 12 nitrogen and oxygen atoms in total. The number of hydrogen-bond donors (Lipinski definition) is 1. The molecule has 1 aromatic carbocycles. The Hall–Kier alpha value is -3.97. The molecule has 2 amide bonds. The first kappa shape index (κ1) is 40.2. The van der Waals surface area contributed by atoms with E-state index < -0.39 is 73.7 Å². The minimum absolute atomic E-state index is 0.0244. The van der Waals surface area contributed by atoms with Crippen molar-refractivity contribution < 1.29 is 37.1 Å². The van der Waals surface area contributed by atoms with E-state index in [-0.39, 0.29) is 55.7 Å². The van der Waals surface area contributed by atoms with Crippen molar-refractivity contribution in [3.05, 3.63) is 64.4 Å². The number of allylic oxidation sites excluding steroid dienone is 3. The number of nitrogens with zero attached hydrogens (tertiary/aromatic N) is 2. The summed E-state index contributed by atoms with van der Waals surface area (Å²) >= 11 is 6.33. The molecule has 7 rings (SSSR count). The quantitative estimate of drug-likeness (QED) is 0.267. The second-order valence-electron chi connectivity index (χ2n) is 17.5. The van der Waals surface area contributed by atoms with Crippen molar-refractivity contribution >= 4 is 56.0 Å². The lowest BCUT2D eigenvalue weighted by atomic mass is 9.77. The van der Waals surface area contributed by atoms with Crippen molar-refractivity contribution in [3.63, 3.8) is 0 Å². The molecule has 1 N–H and O–H groups in total. The predicted octanol–water partition coefficient (Wildman–Crippen LogP) is 5.88. The Kier molecular flexibility index (Phi) is 11.1. The van der Waals surface area contributed by atoms with Gasteiger partial charge in [-0.25, -0.2) is 8.42 Å². The second kappa shape index (κ2) is 15.4. The molecule has 1 saturated heterocycles. The molecule has 4 fully saturated rings. The molecule has 2 aliphatic heterocycles. The standard InChI is InChI=1S/C42H52ClN3O9S/c1-5-27-22-42(27,40(51)44-56(52,53)30-14-15-30)23-34(47)33-20-29-24-46(33)39(50)32(41(2,3)4)21-37(48)55-35-12-9-11-25(35)10-7-6-8-17-45-36(54-29)19-26-18-28(43)13-16-31(26)38(45)49/h5-7,13,16,18-19,25,27,29-30,32-33,35H,1,8-12,14-15,17,20-24H2,2-4H3,(H,44,51)/b7-6+/t25-,27+,29-,32-,33+,35-,42-/m1/s1. The van der Waals surface area contributed by atoms with Crippen molar-refractivity contribution in [3.8, 4) is 5.88 Å². The molecule has 2 bridgehead atoms. The number of nitrogens with one attached hydrogen (secondary N) is 1. The van der Waals surface area contributed by atoms with Gasteiger partial charge in [-0.2, -0.15) is 0 Å². The van der Waals surface area contributed by atoms with Crippen LogP contribution >= 0.6 is 11.6 Å². The van der Waals surface area contributed by atoms with Gasteiger partial charge in [0.2, 0.25) is 21.8 Å². The highest BCUT2D eigenvalue weighted by Crippen LogP contribution is 2.57. The largest absolute Gasteiger partial charge is 0.473 e. The maximum absolute atomic E-state index is 14.8. The monoisotopic (exact) mass is 809 g/mol. The molecule has 3 heterocycles. The summed E-state index contributed by atoms with van der Waals surface area (Å²) in [7, 11) is -3.88. The number of fused-ring (bicyclic) bond motifs is 5. The van der Waals surface area contributed by atoms with Gasteiger partial charge in [-0.15, -0.1) is 6.58 Å². The number of carbonyl (C=O) groups excluding carboxylic acids is 4. The highest BCUT2D eigenvalue weighted by Gasteiger charge is 2.61. The van der Waals surface area contributed by atoms with E-state index in [2.05, 4.69) is 17.4 Å². The molecule has 1 aromatic heterocycles. The van der Waals surface area contributed by atoms with Gasteiger partial charge in [-0.3, -0.25) is 33.3 Å². The summed E-state index contributed by atoms with van der Waals surface area (Å²) in [6, 6.07) is 5.74. The molecular weight excluding hydrogens is 758 g/mol. The Morgan fingerprint density at radius 3 is 2.54 bits per heavy atom. The van der Waals surface area contributed by atoms with Crippen molar-refractivity contribution in [2.75, 3.05) is 6.54 Å². The number of pyridine rings is 1. The topological polar surface area (TPSA) is 158 Å². The number of halogens is 1. The molecule has 2 aromatic rings. The van der Waals surface area contributed by atoms with Crippen LogP contribution in [0.25, 0.3) is 10.8 Å². The van der Waals surface area contributed by atoms with Gasteiger partial charge in [0.1, 0.15) is 12.2 Å². The van der Waals surface area contributed by atoms with Crippen LogP contribution in [0.1, 0.15) is 91.4 Å². The Morgan fingerprint density at radius 2 is 1.84 bits per heavy atom. The number of hydrogen-bond acceptors (Lipinski definition) is 9. The Bertz CT molecular complexity index is 2140. The molecule has 56 heavy (non-hydrogen) atoms. The zero-order valence-corrected chi connectivity index (χ0v) is 33.9. The zero-order valence-electron chi connectivity index (χ0n) is 32.3. The first-order valence-electron chi connectivity index (χ1n) is 19.9. The molecule has 0 unspecified atom stereocenters. The molecular formula is C42H52ClN3O9S. The van der Waals surface area contributed by atoms with Crippen molar-refractivity contribution in [1.82, 2.24) is 14.2 Å². The van der Waals surface area contributed by atoms with Crippen LogP contribution in [0.5, 0.6) is 5.88 Å². The molecule has 3 saturated carbocycles. The number of benzene rings is 1. The zero-order chi connectivity index (χ0) is 40.2. The van der Waals surface area contributed by atoms with Gasteiger partial charge in [0.25, 0.3) is 5.56 Å². The third-order valence-corrected chi connectivity index (χ3v) is 14.6. The highest BCUT2D eigenvalue weighted by molar-refractivity contribution is 7.90. The minimum Gasteiger partial charge on any atom is -0.473 e. The van der Waals surface area contributed by atoms with Gasteiger partial charge < -0.3 is 14.4 Å². The van der Waals surface area contributed by atoms with Crippen LogP contribution in [0.4, 0.5) is 0 Å². The van der Waals surface area contributed by atoms with Gasteiger partial charge in [-0.05, 0) is 92.2 Å². The number of sulfonamides is 1. The summed E-state index contributed by atoms with van der Waals surface area (Å²) in [6.45, 7) is 9.72. The van der Waals surface area contributed by atoms with Gasteiger partial charge >= 0.3 is 5.97 Å². The van der Waals surface area contributed by atoms with Gasteiger partial charge in [0, 0.05) is 35.9 Å². The average molecular weight is 810 g/mol. The van der Waals surface area contributed by atoms with E-state index in [1.165, 1.54) is 4.90 Å². The molecule has 5 aliphatic rings. The minimum atomic E-state index is -3.88. The van der Waals surface area contributed by atoms with Gasteiger partial charge in [0.05, 0.1) is 35.6 Å². The number of carbonyl (C=O) groups is 4. The Balaban J connectivity index is 1.25. The SMILES string of the molecule is C=C[C@H]1C[C@]1(CC(=O)[C@@H]1C[C@@H]2CN1C(=O)[C@H](C(C)(C)C)CC(=O)O[C@@H]1CCC[C@H]1C/C=C/CCn1c(cc3cc(Cl)ccc3c1=O)O2)C(=O)NS(=O)(=O)C1CC1. The van der Waals surface area contributed by atoms with E-state index in [1.54, 1.807) is 34.9 Å². The van der Waals surface area contributed by atoms with E-state index in [4.69, 9.17) is 21.1 Å². The van der Waals surface area contributed by atoms with Crippen LogP contribution in [0.3, 0.4) is 0 Å². The normalized spacial score (nSPS) is 30.6. The lowest BCUT2D eigenvalue weighted by Crippen LogP contribution is -2.48. The summed E-state index contributed by atoms with van der Waals surface area (Å²) in [5.41, 5.74) is -2.29. The van der Waals surface area contributed by atoms with E-state index in [9.17, 15) is 32.4 Å². The number of amides is 2. The van der Waals surface area contributed by atoms with Crippen LogP contribution in [0.15, 0.2) is 53.9 Å². The third-order valence-electron chi connectivity index (χ3n) is 12.5. The number of Topliss-reactive ketones (excluding diaryl/α,β-unsaturated/α-hetero) is 1. The Morgan fingerprint density at radius 1 is 1.07 bits per heavy atom. The molecule has 302 valence electrons. The van der Waals surface area contributed by atoms with Crippen LogP contribution in [0, 0.1) is 28.6 Å². The van der Waals surface area contributed by atoms with Crippen molar-refractivity contribution in [2.45, 2.75) is 121 Å². The highest BCUT2D eigenvalue weighted by atomic mass is 35.5. The summed E-state index contributed by atoms with van der Waals surface area (Å²) in [4.78, 5) is 72.0. The number of ketones is 1. The fraction of sp³-hybridized carbons (Fsp3) is 0.595. The fourth-order valence-corrected chi connectivity index (χ4v) is 10.5. The molecule has 0 spiro atoms. The van der Waals surface area contributed by atoms with E-state index in [0.29, 0.717) is 48.0 Å². The summed E-state index contributed by atoms with van der Waals surface area (Å²) in [6.07, 6.45) is 9.20. The Labute approximate surface area is 333 Å². The summed E-state index contributed by atoms with van der Waals surface area (Å²) in [5.74, 6) is -2.92. The smallest absolute Gasteiger partial charge is 0.306 e. The summed E-state index contributed by atoms with van der Waals surface area (Å²) < 4.78 is 42.0. The summed E-state index contributed by atoms with van der Waals surface area (Å²) in [5, 5.41) is 0.883. The van der Waals surface area contributed by atoms with E-state index in [0.717, 1.165) is 19.3 Å². The van der Waals surface area contributed by atoms with Crippen LogP contribution in [0.2, 0.25) is 5.02 Å². The van der Waals surface area contributed by atoms with Crippen LogP contribution in [-0.4, -0.2) is 71.5 Å². The predicted molar refractivity (Wildman–Crippen MR) is 211 cm³/mol. The molecule has 7 atom stereocenters. The van der Waals surface area contributed by atoms with Crippen LogP contribution in [-0.2, 0) is 40.5 Å². The van der Waals surface area contributed by atoms with Crippen molar-refractivity contribution in [2.24, 2.45) is 28.6 Å². The maximum atomic E-state index is 14.8. The molecule has 0 radical (unpaired) electrons. The maximum Gasteiger partial charge on any atom is 0.306 e. The van der Waals surface area contributed by atoms with Gasteiger partial charge in [0.15, 0.2) is 11.7 Å². The second-order valence-corrected chi connectivity index (χ2v) is 19.9. The number of ether oxygens (including phenoxy) is 2. The molecule has 14 heteroatoms. The van der Waals surface area contributed by atoms with E-state index in [1.807, 2.05) is 26.8 Å². The first-order chi connectivity index (χ1) is 26.5. The first-order valence-corrected chi connectivity index (χ1v) is 21.8. The molecule has 3 aliphatic carbocycles.